The average molecular weight is 891 g/mol. The molecule has 69 heavy (non-hydrogen) atoms. The number of nitrogens with one attached hydrogen (secondary N) is 2. The standard InChI is InChI=1S/C59H38N8O2/c60-40-22-24-42-53(32-40)69-52-31-39(21-23-41(52)59(42)68)50-34-67(66-65-50)51-33-49-56(37-17-9-3-10-18-37)47-28-27-45(62-47)54(35-13-5-1-6-14-35)43-25-26-44(61-43)55(36-15-7-2-8-16-36)46-29-30-48(63-46)57(58(51)64-49)38-19-11-4-12-20-38/h1-34,62-63H,60H2. The first-order valence-corrected chi connectivity index (χ1v) is 22.6. The zero-order chi connectivity index (χ0) is 46.0. The summed E-state index contributed by atoms with van der Waals surface area (Å²) in [7, 11) is 0. The molecule has 10 heteroatoms. The van der Waals surface area contributed by atoms with Gasteiger partial charge in [0.1, 0.15) is 16.9 Å². The topological polar surface area (TPSA) is 144 Å². The largest absolute Gasteiger partial charge is 0.456 e. The molecule has 0 spiro atoms. The quantitative estimate of drug-likeness (QED) is 0.111. The number of nitrogens with two attached hydrogens (primary N) is 1. The molecule has 0 fully saturated rings. The summed E-state index contributed by atoms with van der Waals surface area (Å²) in [6.45, 7) is 0. The fraction of sp³-hybridized carbons (Fsp3) is 0. The summed E-state index contributed by atoms with van der Waals surface area (Å²) in [6.07, 6.45) is 8.20. The number of rotatable bonds is 6. The molecule has 5 aromatic heterocycles. The highest BCUT2D eigenvalue weighted by molar-refractivity contribution is 6.02. The number of aromatic amines is 2. The summed E-state index contributed by atoms with van der Waals surface area (Å²) in [4.78, 5) is 32.3. The highest BCUT2D eigenvalue weighted by Gasteiger charge is 2.25. The lowest BCUT2D eigenvalue weighted by Crippen LogP contribution is -2.02. The number of nitrogen functional groups attached to an aromatic ring is 1. The summed E-state index contributed by atoms with van der Waals surface area (Å²) < 4.78 is 8.05. The first kappa shape index (κ1) is 39.7. The van der Waals surface area contributed by atoms with Gasteiger partial charge in [0.05, 0.1) is 45.4 Å². The highest BCUT2D eigenvalue weighted by atomic mass is 16.3. The molecule has 6 aromatic carbocycles. The molecule has 7 heterocycles. The number of hydrogen-bond acceptors (Lipinski definition) is 7. The zero-order valence-electron chi connectivity index (χ0n) is 36.8. The average Bonchev–Trinajstić information content (AvgIpc) is 4.26. The van der Waals surface area contributed by atoms with E-state index < -0.39 is 0 Å². The van der Waals surface area contributed by atoms with Crippen LogP contribution in [-0.2, 0) is 0 Å². The van der Waals surface area contributed by atoms with E-state index in [-0.39, 0.29) is 5.43 Å². The molecule has 10 nitrogen and oxygen atoms in total. The van der Waals surface area contributed by atoms with Gasteiger partial charge in [0.25, 0.3) is 0 Å². The molecule has 0 saturated heterocycles. The molecule has 0 saturated carbocycles. The second kappa shape index (κ2) is 16.0. The maximum absolute atomic E-state index is 13.5. The molecule has 2 aliphatic rings. The Morgan fingerprint density at radius 1 is 0.478 bits per heavy atom. The van der Waals surface area contributed by atoms with Crippen LogP contribution in [0.25, 0.3) is 124 Å². The third-order valence-electron chi connectivity index (χ3n) is 12.8. The molecule has 11 aromatic rings. The molecule has 0 aliphatic carbocycles. The monoisotopic (exact) mass is 890 g/mol. The van der Waals surface area contributed by atoms with Gasteiger partial charge in [-0.2, -0.15) is 0 Å². The van der Waals surface area contributed by atoms with Crippen LogP contribution >= 0.6 is 0 Å². The van der Waals surface area contributed by atoms with E-state index in [9.17, 15) is 4.79 Å². The molecule has 2 aliphatic heterocycles. The minimum atomic E-state index is -0.127. The Bertz CT molecular complexity index is 4150. The van der Waals surface area contributed by atoms with Gasteiger partial charge in [-0.15, -0.1) is 5.10 Å². The first-order valence-electron chi connectivity index (χ1n) is 22.6. The Morgan fingerprint density at radius 3 is 1.51 bits per heavy atom. The van der Waals surface area contributed by atoms with E-state index in [1.165, 1.54) is 0 Å². The van der Waals surface area contributed by atoms with Crippen LogP contribution in [-0.4, -0.2) is 34.9 Å². The lowest BCUT2D eigenvalue weighted by Gasteiger charge is -2.09. The van der Waals surface area contributed by atoms with Crippen molar-refractivity contribution in [2.45, 2.75) is 0 Å². The van der Waals surface area contributed by atoms with E-state index in [2.05, 4.69) is 125 Å². The third-order valence-corrected chi connectivity index (χ3v) is 12.8. The van der Waals surface area contributed by atoms with Crippen molar-refractivity contribution in [3.8, 4) is 55.8 Å². The van der Waals surface area contributed by atoms with Crippen LogP contribution in [0.1, 0.15) is 22.8 Å². The van der Waals surface area contributed by atoms with Crippen molar-refractivity contribution in [2.75, 3.05) is 5.73 Å². The maximum Gasteiger partial charge on any atom is 0.200 e. The van der Waals surface area contributed by atoms with Crippen molar-refractivity contribution in [1.29, 1.82) is 0 Å². The van der Waals surface area contributed by atoms with Gasteiger partial charge in [-0.1, -0.05) is 133 Å². The van der Waals surface area contributed by atoms with E-state index in [0.29, 0.717) is 44.7 Å². The Kier molecular flexibility index (Phi) is 9.22. The molecular weight excluding hydrogens is 853 g/mol. The summed E-state index contributed by atoms with van der Waals surface area (Å²) in [6, 6.07) is 60.5. The van der Waals surface area contributed by atoms with Gasteiger partial charge >= 0.3 is 0 Å². The third kappa shape index (κ3) is 6.85. The summed E-state index contributed by atoms with van der Waals surface area (Å²) >= 11 is 0. The highest BCUT2D eigenvalue weighted by Crippen LogP contribution is 2.41. The fourth-order valence-corrected chi connectivity index (χ4v) is 9.61. The van der Waals surface area contributed by atoms with Gasteiger partial charge in [-0.25, -0.2) is 14.6 Å². The van der Waals surface area contributed by atoms with Crippen LogP contribution in [0.3, 0.4) is 0 Å². The van der Waals surface area contributed by atoms with Crippen LogP contribution in [0.2, 0.25) is 0 Å². The van der Waals surface area contributed by atoms with Crippen molar-refractivity contribution in [3.63, 3.8) is 0 Å². The number of H-pyrrole nitrogens is 2. The lowest BCUT2D eigenvalue weighted by molar-refractivity contribution is 0.660. The number of nitrogens with zero attached hydrogens (tertiary/aromatic N) is 5. The van der Waals surface area contributed by atoms with Crippen LogP contribution in [0.5, 0.6) is 0 Å². The van der Waals surface area contributed by atoms with Gasteiger partial charge in [0.15, 0.2) is 0 Å². The van der Waals surface area contributed by atoms with Crippen molar-refractivity contribution in [2.24, 2.45) is 0 Å². The lowest BCUT2D eigenvalue weighted by atomic mass is 10.0. The zero-order valence-corrected chi connectivity index (χ0v) is 36.8. The Balaban J connectivity index is 1.12. The van der Waals surface area contributed by atoms with Crippen LogP contribution in [0, 0.1) is 0 Å². The van der Waals surface area contributed by atoms with E-state index in [1.54, 1.807) is 28.9 Å². The van der Waals surface area contributed by atoms with Crippen LogP contribution in [0.15, 0.2) is 197 Å². The molecule has 0 radical (unpaired) electrons. The number of fused-ring (bicyclic) bond motifs is 10. The van der Waals surface area contributed by atoms with Gasteiger partial charge in [-0.05, 0) is 89.0 Å². The van der Waals surface area contributed by atoms with Crippen molar-refractivity contribution in [1.82, 2.24) is 34.9 Å². The van der Waals surface area contributed by atoms with E-state index in [1.807, 2.05) is 66.9 Å². The van der Waals surface area contributed by atoms with E-state index in [4.69, 9.17) is 30.4 Å². The molecule has 0 amide bonds. The van der Waals surface area contributed by atoms with Gasteiger partial charge < -0.3 is 20.1 Å². The molecule has 4 N–H and O–H groups in total. The van der Waals surface area contributed by atoms with Gasteiger partial charge in [0, 0.05) is 61.6 Å². The van der Waals surface area contributed by atoms with Crippen molar-refractivity contribution < 1.29 is 4.42 Å². The number of aromatic nitrogens is 7. The maximum atomic E-state index is 13.5. The minimum absolute atomic E-state index is 0.127. The second-order valence-corrected chi connectivity index (χ2v) is 17.1. The van der Waals surface area contributed by atoms with Crippen LogP contribution in [0.4, 0.5) is 5.69 Å². The molecule has 0 atom stereocenters. The predicted molar refractivity (Wildman–Crippen MR) is 278 cm³/mol. The summed E-state index contributed by atoms with van der Waals surface area (Å²) in [5, 5.41) is 10.5. The Hall–Kier alpha value is -9.67. The first-order chi connectivity index (χ1) is 34.0. The van der Waals surface area contributed by atoms with E-state index >= 15 is 0 Å². The smallest absolute Gasteiger partial charge is 0.200 e. The van der Waals surface area contributed by atoms with Gasteiger partial charge in [-0.3, -0.25) is 4.79 Å². The number of hydrogen-bond donors (Lipinski definition) is 3. The normalized spacial score (nSPS) is 12.2. The van der Waals surface area contributed by atoms with E-state index in [0.717, 1.165) is 89.2 Å². The summed E-state index contributed by atoms with van der Waals surface area (Å²) in [5.41, 5.74) is 23.7. The molecule has 13 rings (SSSR count). The summed E-state index contributed by atoms with van der Waals surface area (Å²) in [5.74, 6) is 0. The molecular formula is C59H38N8O2. The fourth-order valence-electron chi connectivity index (χ4n) is 9.61. The number of anilines is 1. The van der Waals surface area contributed by atoms with Crippen LogP contribution < -0.4 is 11.2 Å². The van der Waals surface area contributed by atoms with Gasteiger partial charge in [0.2, 0.25) is 5.43 Å². The molecule has 326 valence electrons. The molecule has 8 bridgehead atoms. The number of benzene rings is 6. The minimum Gasteiger partial charge on any atom is -0.456 e. The van der Waals surface area contributed by atoms with Crippen molar-refractivity contribution >= 4 is 73.6 Å². The SMILES string of the molecule is Nc1ccc2c(=O)c3ccc(-c4cn(C5=Cc6nc5c(-c5ccccc5)c5ccc([nH]5)c(-c5ccccc5)c5nc(c(-c7ccccc7)c7ccc([nH]7)c6-c6ccccc6)C=C5)nn4)cc3oc2c1. The Labute approximate surface area is 394 Å². The van der Waals surface area contributed by atoms with Crippen molar-refractivity contribution in [3.05, 3.63) is 221 Å². The second-order valence-electron chi connectivity index (χ2n) is 17.1. The molecule has 0 unspecified atom stereocenters. The Morgan fingerprint density at radius 2 is 0.957 bits per heavy atom. The predicted octanol–water partition coefficient (Wildman–Crippen LogP) is 13.3.